The first-order valence-electron chi connectivity index (χ1n) is 4.38. The van der Waals surface area contributed by atoms with Crippen LogP contribution in [0.4, 0.5) is 5.13 Å². The Morgan fingerprint density at radius 2 is 2.46 bits per heavy atom. The Labute approximate surface area is 82.9 Å². The number of anilines is 1. The molecule has 0 radical (unpaired) electrons. The van der Waals surface area contributed by atoms with E-state index in [1.807, 2.05) is 18.5 Å². The molecule has 1 N–H and O–H groups in total. The summed E-state index contributed by atoms with van der Waals surface area (Å²) in [6.07, 6.45) is 2.89. The summed E-state index contributed by atoms with van der Waals surface area (Å²) in [7, 11) is 0. The first-order chi connectivity index (χ1) is 6.18. The van der Waals surface area contributed by atoms with Gasteiger partial charge < -0.3 is 0 Å². The third kappa shape index (κ3) is 4.03. The van der Waals surface area contributed by atoms with Crippen molar-refractivity contribution in [2.45, 2.75) is 27.2 Å². The molecule has 0 saturated carbocycles. The molecule has 1 rings (SSSR count). The van der Waals surface area contributed by atoms with Crippen molar-refractivity contribution in [1.82, 2.24) is 4.98 Å². The van der Waals surface area contributed by atoms with Crippen LogP contribution in [0.2, 0.25) is 0 Å². The molecule has 72 valence electrons. The normalized spacial score (nSPS) is 11.4. The van der Waals surface area contributed by atoms with E-state index in [-0.39, 0.29) is 0 Å². The highest BCUT2D eigenvalue weighted by atomic mass is 32.1. The highest BCUT2D eigenvalue weighted by Crippen LogP contribution is 2.13. The number of hydrazone groups is 1. The van der Waals surface area contributed by atoms with Crippen LogP contribution in [0.15, 0.2) is 10.5 Å². The molecule has 0 bridgehead atoms. The van der Waals surface area contributed by atoms with Crippen LogP contribution in [-0.2, 0) is 0 Å². The predicted octanol–water partition coefficient (Wildman–Crippen LogP) is 2.90. The van der Waals surface area contributed by atoms with Gasteiger partial charge in [-0.15, -0.1) is 11.3 Å². The average molecular weight is 197 g/mol. The molecule has 0 spiro atoms. The van der Waals surface area contributed by atoms with Crippen LogP contribution in [-0.4, -0.2) is 11.2 Å². The second-order valence-electron chi connectivity index (χ2n) is 3.35. The van der Waals surface area contributed by atoms with Gasteiger partial charge in [0.15, 0.2) is 0 Å². The maximum Gasteiger partial charge on any atom is 0.203 e. The largest absolute Gasteiger partial charge is 0.253 e. The lowest BCUT2D eigenvalue weighted by atomic mass is 10.2. The van der Waals surface area contributed by atoms with Crippen molar-refractivity contribution in [3.05, 3.63) is 11.1 Å². The molecular formula is C9H15N3S. The van der Waals surface area contributed by atoms with E-state index in [0.717, 1.165) is 17.2 Å². The van der Waals surface area contributed by atoms with Gasteiger partial charge in [0, 0.05) is 11.6 Å². The van der Waals surface area contributed by atoms with Crippen LogP contribution in [0.25, 0.3) is 0 Å². The molecule has 1 aromatic heterocycles. The maximum atomic E-state index is 4.22. The van der Waals surface area contributed by atoms with Crippen molar-refractivity contribution in [3.8, 4) is 0 Å². The first-order valence-corrected chi connectivity index (χ1v) is 5.26. The van der Waals surface area contributed by atoms with E-state index in [9.17, 15) is 0 Å². The summed E-state index contributed by atoms with van der Waals surface area (Å²) in [6, 6.07) is 0. The quantitative estimate of drug-likeness (QED) is 0.595. The summed E-state index contributed by atoms with van der Waals surface area (Å²) < 4.78 is 0. The lowest BCUT2D eigenvalue weighted by molar-refractivity contribution is 0.690. The zero-order valence-corrected chi connectivity index (χ0v) is 9.06. The monoisotopic (exact) mass is 197 g/mol. The van der Waals surface area contributed by atoms with Crippen molar-refractivity contribution in [2.75, 3.05) is 5.43 Å². The van der Waals surface area contributed by atoms with E-state index in [2.05, 4.69) is 29.4 Å². The highest BCUT2D eigenvalue weighted by Gasteiger charge is 1.94. The topological polar surface area (TPSA) is 37.3 Å². The minimum atomic E-state index is 0.656. The number of aryl methyl sites for hydroxylation is 1. The number of aromatic nitrogens is 1. The fourth-order valence-corrected chi connectivity index (χ4v) is 1.41. The van der Waals surface area contributed by atoms with Gasteiger partial charge >= 0.3 is 0 Å². The Bertz CT molecular complexity index is 278. The minimum absolute atomic E-state index is 0.656. The summed E-state index contributed by atoms with van der Waals surface area (Å²) in [6.45, 7) is 6.30. The van der Waals surface area contributed by atoms with Crippen molar-refractivity contribution < 1.29 is 0 Å². The molecule has 1 heterocycles. The lowest BCUT2D eigenvalue weighted by Crippen LogP contribution is -1.92. The third-order valence-corrected chi connectivity index (χ3v) is 2.31. The van der Waals surface area contributed by atoms with Gasteiger partial charge in [-0.25, -0.2) is 4.98 Å². The Morgan fingerprint density at radius 3 is 3.00 bits per heavy atom. The second kappa shape index (κ2) is 4.97. The SMILES string of the molecule is Cc1csc(N/N=C/CC(C)C)n1. The van der Waals surface area contributed by atoms with Crippen molar-refractivity contribution in [2.24, 2.45) is 11.0 Å². The van der Waals surface area contributed by atoms with Crippen LogP contribution < -0.4 is 5.43 Å². The van der Waals surface area contributed by atoms with Gasteiger partial charge in [-0.1, -0.05) is 13.8 Å². The molecule has 13 heavy (non-hydrogen) atoms. The standard InChI is InChI=1S/C9H15N3S/c1-7(2)4-5-10-12-9-11-8(3)6-13-9/h5-7H,4H2,1-3H3,(H,11,12)/b10-5+. The van der Waals surface area contributed by atoms with Gasteiger partial charge in [-0.05, 0) is 19.3 Å². The molecule has 0 amide bonds. The molecule has 0 aliphatic carbocycles. The van der Waals surface area contributed by atoms with Gasteiger partial charge in [0.2, 0.25) is 5.13 Å². The van der Waals surface area contributed by atoms with Gasteiger partial charge in [0.1, 0.15) is 0 Å². The van der Waals surface area contributed by atoms with Crippen molar-refractivity contribution in [3.63, 3.8) is 0 Å². The summed E-state index contributed by atoms with van der Waals surface area (Å²) in [4.78, 5) is 4.22. The summed E-state index contributed by atoms with van der Waals surface area (Å²) >= 11 is 1.57. The van der Waals surface area contributed by atoms with E-state index >= 15 is 0 Å². The molecule has 0 aliphatic rings. The van der Waals surface area contributed by atoms with Crippen LogP contribution in [0.5, 0.6) is 0 Å². The maximum absolute atomic E-state index is 4.22. The average Bonchev–Trinajstić information content (AvgIpc) is 2.45. The summed E-state index contributed by atoms with van der Waals surface area (Å²) in [5.41, 5.74) is 3.93. The summed E-state index contributed by atoms with van der Waals surface area (Å²) in [5, 5.41) is 6.93. The van der Waals surface area contributed by atoms with E-state index < -0.39 is 0 Å². The Hall–Kier alpha value is -0.900. The van der Waals surface area contributed by atoms with E-state index in [0.29, 0.717) is 5.92 Å². The molecular weight excluding hydrogens is 182 g/mol. The number of nitrogens with zero attached hydrogens (tertiary/aromatic N) is 2. The van der Waals surface area contributed by atoms with Crippen molar-refractivity contribution in [1.29, 1.82) is 0 Å². The molecule has 0 aliphatic heterocycles. The number of hydrogen-bond donors (Lipinski definition) is 1. The Morgan fingerprint density at radius 1 is 1.69 bits per heavy atom. The molecule has 0 unspecified atom stereocenters. The highest BCUT2D eigenvalue weighted by molar-refractivity contribution is 7.13. The Balaban J connectivity index is 2.30. The van der Waals surface area contributed by atoms with Gasteiger partial charge in [0.25, 0.3) is 0 Å². The molecule has 0 fully saturated rings. The molecule has 4 heteroatoms. The first kappa shape index (κ1) is 10.2. The van der Waals surface area contributed by atoms with Crippen molar-refractivity contribution >= 4 is 22.7 Å². The number of hydrogen-bond acceptors (Lipinski definition) is 4. The van der Waals surface area contributed by atoms with E-state index in [1.165, 1.54) is 0 Å². The van der Waals surface area contributed by atoms with Gasteiger partial charge in [0.05, 0.1) is 5.69 Å². The molecule has 0 aromatic carbocycles. The molecule has 0 saturated heterocycles. The van der Waals surface area contributed by atoms with Crippen LogP contribution in [0, 0.1) is 12.8 Å². The van der Waals surface area contributed by atoms with Gasteiger partial charge in [-0.3, -0.25) is 5.43 Å². The van der Waals surface area contributed by atoms with E-state index in [1.54, 1.807) is 11.3 Å². The minimum Gasteiger partial charge on any atom is -0.253 e. The smallest absolute Gasteiger partial charge is 0.203 e. The predicted molar refractivity (Wildman–Crippen MR) is 58.4 cm³/mol. The zero-order valence-electron chi connectivity index (χ0n) is 8.24. The number of nitrogens with one attached hydrogen (secondary N) is 1. The second-order valence-corrected chi connectivity index (χ2v) is 4.21. The Kier molecular flexibility index (Phi) is 3.89. The van der Waals surface area contributed by atoms with Crippen LogP contribution in [0.3, 0.4) is 0 Å². The molecule has 1 aromatic rings. The van der Waals surface area contributed by atoms with Gasteiger partial charge in [-0.2, -0.15) is 5.10 Å². The zero-order chi connectivity index (χ0) is 9.68. The lowest BCUT2D eigenvalue weighted by Gasteiger charge is -1.96. The number of thiazole rings is 1. The molecule has 3 nitrogen and oxygen atoms in total. The third-order valence-electron chi connectivity index (χ3n) is 1.45. The van der Waals surface area contributed by atoms with Crippen LogP contribution >= 0.6 is 11.3 Å². The fourth-order valence-electron chi connectivity index (χ4n) is 0.770. The fraction of sp³-hybridized carbons (Fsp3) is 0.556. The molecule has 0 atom stereocenters. The van der Waals surface area contributed by atoms with E-state index in [4.69, 9.17) is 0 Å². The van der Waals surface area contributed by atoms with Crippen LogP contribution in [0.1, 0.15) is 26.0 Å². The number of rotatable bonds is 4. The summed E-state index contributed by atoms with van der Waals surface area (Å²) in [5.74, 6) is 0.656.